The van der Waals surface area contributed by atoms with E-state index in [2.05, 4.69) is 15.2 Å². The van der Waals surface area contributed by atoms with Crippen molar-refractivity contribution in [1.29, 1.82) is 0 Å². The molecule has 1 aliphatic heterocycles. The molecule has 0 bridgehead atoms. The van der Waals surface area contributed by atoms with E-state index in [0.29, 0.717) is 11.2 Å². The quantitative estimate of drug-likeness (QED) is 0.139. The monoisotopic (exact) mass is 579 g/mol. The van der Waals surface area contributed by atoms with Crippen LogP contribution in [-0.2, 0) is 23.3 Å². The lowest BCUT2D eigenvalue weighted by atomic mass is 9.97. The van der Waals surface area contributed by atoms with Crippen LogP contribution in [0.5, 0.6) is 5.75 Å². The van der Waals surface area contributed by atoms with Gasteiger partial charge in [-0.1, -0.05) is 32.0 Å². The lowest BCUT2D eigenvalue weighted by molar-refractivity contribution is -0.0963. The number of aromatic nitrogens is 3. The van der Waals surface area contributed by atoms with Crippen LogP contribution >= 0.6 is 7.75 Å². The molecular weight excluding hydrogens is 545 g/mol. The summed E-state index contributed by atoms with van der Waals surface area (Å²) in [5.41, 5.74) is 5.35. The van der Waals surface area contributed by atoms with Crippen molar-refractivity contribution in [1.82, 2.24) is 19.7 Å². The Bertz CT molecular complexity index is 1340. The second-order valence-electron chi connectivity index (χ2n) is 9.87. The van der Waals surface area contributed by atoms with Gasteiger partial charge >= 0.3 is 13.9 Å². The number of nitrogens with one attached hydrogen (secondary N) is 1. The van der Waals surface area contributed by atoms with Gasteiger partial charge in [0.1, 0.15) is 48.1 Å². The molecule has 1 aliphatic rings. The molecule has 15 heteroatoms. The predicted molar refractivity (Wildman–Crippen MR) is 142 cm³/mol. The summed E-state index contributed by atoms with van der Waals surface area (Å²) in [7, 11) is -4.10. The average Bonchev–Trinajstić information content (AvgIpc) is 3.45. The van der Waals surface area contributed by atoms with E-state index in [-0.39, 0.29) is 37.2 Å². The Balaban J connectivity index is 1.44. The first kappa shape index (κ1) is 29.7. The van der Waals surface area contributed by atoms with Crippen LogP contribution in [-0.4, -0.2) is 75.1 Å². The van der Waals surface area contributed by atoms with Crippen LogP contribution in [0.1, 0.15) is 32.6 Å². The van der Waals surface area contributed by atoms with Crippen molar-refractivity contribution >= 4 is 25.2 Å². The highest BCUT2D eigenvalue weighted by Crippen LogP contribution is 2.48. The number of aliphatic hydroxyl groups is 2. The number of carbonyl (C=O) groups excluding carboxylic acids is 1. The number of nitrogens with two attached hydrogens (primary N) is 1. The Kier molecular flexibility index (Phi) is 9.29. The van der Waals surface area contributed by atoms with Crippen molar-refractivity contribution in [2.75, 3.05) is 32.1 Å². The van der Waals surface area contributed by atoms with Crippen LogP contribution in [0, 0.1) is 5.92 Å². The Hall–Kier alpha value is -3.26. The molecule has 4 rings (SSSR count). The molecule has 0 amide bonds. The average molecular weight is 580 g/mol. The zero-order valence-electron chi connectivity index (χ0n) is 22.4. The Morgan fingerprint density at radius 1 is 1.23 bits per heavy atom. The Morgan fingerprint density at radius 3 is 2.70 bits per heavy atom. The van der Waals surface area contributed by atoms with E-state index in [9.17, 15) is 19.6 Å². The zero-order valence-corrected chi connectivity index (χ0v) is 23.3. The molecule has 3 heterocycles. The fourth-order valence-electron chi connectivity index (χ4n) is 4.03. The fourth-order valence-corrected chi connectivity index (χ4v) is 5.43. The molecule has 14 nitrogen and oxygen atoms in total. The van der Waals surface area contributed by atoms with Crippen LogP contribution in [0.15, 0.2) is 48.8 Å². The summed E-state index contributed by atoms with van der Waals surface area (Å²) in [6.07, 6.45) is -3.38. The van der Waals surface area contributed by atoms with Gasteiger partial charge in [0.2, 0.25) is 0 Å². The fraction of sp³-hybridized carbons (Fsp3) is 0.480. The van der Waals surface area contributed by atoms with Gasteiger partial charge in [0.25, 0.3) is 0 Å². The molecule has 0 aliphatic carbocycles. The number of fused-ring (bicyclic) bond motifs is 1. The number of anilines is 1. The van der Waals surface area contributed by atoms with Gasteiger partial charge < -0.3 is 34.7 Å². The SMILES string of the molecule is CC(C)COC(=O)OCCNP(=O)(OC[C@@]1(C)O[C@@H](c2ccc3c(N)ncnn23)[C@H](O)[C@@H]1O)Oc1ccccc1. The van der Waals surface area contributed by atoms with Crippen LogP contribution in [0.3, 0.4) is 0 Å². The summed E-state index contributed by atoms with van der Waals surface area (Å²) in [5, 5.41) is 28.6. The second kappa shape index (κ2) is 12.5. The van der Waals surface area contributed by atoms with Crippen molar-refractivity contribution < 1.29 is 42.8 Å². The third-order valence-electron chi connectivity index (χ3n) is 6.11. The molecule has 5 N–H and O–H groups in total. The lowest BCUT2D eigenvalue weighted by Gasteiger charge is -2.29. The first-order chi connectivity index (χ1) is 19.0. The van der Waals surface area contributed by atoms with E-state index < -0.39 is 44.4 Å². The van der Waals surface area contributed by atoms with Gasteiger partial charge in [0, 0.05) is 6.54 Å². The molecule has 3 aromatic rings. The summed E-state index contributed by atoms with van der Waals surface area (Å²) in [6, 6.07) is 11.7. The molecule has 5 atom stereocenters. The predicted octanol–water partition coefficient (Wildman–Crippen LogP) is 2.47. The molecule has 1 fully saturated rings. The van der Waals surface area contributed by atoms with Gasteiger partial charge in [-0.05, 0) is 37.1 Å². The number of nitrogen functional groups attached to an aromatic ring is 1. The van der Waals surface area contributed by atoms with Gasteiger partial charge in [-0.15, -0.1) is 0 Å². The van der Waals surface area contributed by atoms with Crippen molar-refractivity contribution in [2.45, 2.75) is 44.7 Å². The van der Waals surface area contributed by atoms with Gasteiger partial charge in [-0.3, -0.25) is 4.52 Å². The first-order valence-corrected chi connectivity index (χ1v) is 14.2. The smallest absolute Gasteiger partial charge is 0.434 e. The summed E-state index contributed by atoms with van der Waals surface area (Å²) in [5.74, 6) is 0.639. The number of hydrogen-bond acceptors (Lipinski definition) is 12. The number of rotatable bonds is 12. The number of ether oxygens (including phenoxy) is 3. The Labute approximate surface area is 230 Å². The highest BCUT2D eigenvalue weighted by molar-refractivity contribution is 7.52. The van der Waals surface area contributed by atoms with Crippen LogP contribution in [0.25, 0.3) is 5.52 Å². The molecule has 40 heavy (non-hydrogen) atoms. The minimum atomic E-state index is -4.10. The van der Waals surface area contributed by atoms with Crippen LogP contribution < -0.4 is 15.3 Å². The van der Waals surface area contributed by atoms with Crippen molar-refractivity contribution in [2.24, 2.45) is 5.92 Å². The molecule has 218 valence electrons. The maximum Gasteiger partial charge on any atom is 0.508 e. The number of para-hydroxylation sites is 1. The highest BCUT2D eigenvalue weighted by atomic mass is 31.2. The van der Waals surface area contributed by atoms with Crippen LogP contribution in [0.4, 0.5) is 10.6 Å². The molecule has 0 radical (unpaired) electrons. The van der Waals surface area contributed by atoms with E-state index in [1.807, 2.05) is 13.8 Å². The lowest BCUT2D eigenvalue weighted by Crippen LogP contribution is -2.44. The second-order valence-corrected chi connectivity index (χ2v) is 11.6. The zero-order chi connectivity index (χ0) is 28.9. The normalized spacial score (nSPS) is 24.2. The first-order valence-electron chi connectivity index (χ1n) is 12.7. The van der Waals surface area contributed by atoms with Crippen molar-refractivity contribution in [3.05, 3.63) is 54.5 Å². The summed E-state index contributed by atoms with van der Waals surface area (Å²) in [6.45, 7) is 4.80. The molecule has 0 saturated carbocycles. The molecule has 1 aromatic carbocycles. The van der Waals surface area contributed by atoms with E-state index in [4.69, 9.17) is 29.0 Å². The van der Waals surface area contributed by atoms with Gasteiger partial charge in [-0.2, -0.15) is 5.10 Å². The largest absolute Gasteiger partial charge is 0.508 e. The minimum Gasteiger partial charge on any atom is -0.434 e. The van der Waals surface area contributed by atoms with Gasteiger partial charge in [0.05, 0.1) is 18.9 Å². The van der Waals surface area contributed by atoms with Crippen LogP contribution in [0.2, 0.25) is 0 Å². The molecule has 1 unspecified atom stereocenters. The van der Waals surface area contributed by atoms with Crippen molar-refractivity contribution in [3.63, 3.8) is 0 Å². The van der Waals surface area contributed by atoms with E-state index in [1.165, 1.54) is 17.8 Å². The molecular formula is C25H34N5O9P. The summed E-state index contributed by atoms with van der Waals surface area (Å²) in [4.78, 5) is 15.7. The van der Waals surface area contributed by atoms with E-state index in [1.54, 1.807) is 42.5 Å². The number of hydrogen-bond donors (Lipinski definition) is 4. The van der Waals surface area contributed by atoms with Gasteiger partial charge in [0.15, 0.2) is 5.82 Å². The number of benzene rings is 1. The Morgan fingerprint density at radius 2 is 1.98 bits per heavy atom. The topological polar surface area (TPSA) is 189 Å². The van der Waals surface area contributed by atoms with Crippen molar-refractivity contribution in [3.8, 4) is 5.75 Å². The third kappa shape index (κ3) is 6.89. The number of aliphatic hydroxyl groups excluding tert-OH is 2. The summed E-state index contributed by atoms with van der Waals surface area (Å²) >= 11 is 0. The van der Waals surface area contributed by atoms with E-state index in [0.717, 1.165) is 0 Å². The summed E-state index contributed by atoms with van der Waals surface area (Å²) < 4.78 is 42.5. The maximum atomic E-state index is 13.7. The standard InChI is InChI=1S/C25H34N5O9P/c1-16(2)13-36-24(33)35-12-11-29-40(34,39-17-7-5-4-6-8-17)37-14-25(3)22(32)20(31)21(38-25)18-9-10-19-23(26)27-15-28-30(18)19/h4-10,15-16,20-22,31-32H,11-14H2,1-3H3,(H,29,34)(H2,26,27,28)/t20-,21-,22-,25+,40?/m0/s1. The minimum absolute atomic E-state index is 0.0937. The number of nitrogens with zero attached hydrogens (tertiary/aromatic N) is 3. The molecule has 0 spiro atoms. The molecule has 1 saturated heterocycles. The van der Waals surface area contributed by atoms with Gasteiger partial charge in [-0.25, -0.2) is 23.9 Å². The molecule has 2 aromatic heterocycles. The third-order valence-corrected chi connectivity index (χ3v) is 7.64. The number of carbonyl (C=O) groups is 1. The maximum absolute atomic E-state index is 13.7. The highest BCUT2D eigenvalue weighted by Gasteiger charge is 2.53. The van der Waals surface area contributed by atoms with E-state index >= 15 is 0 Å².